The molecule has 0 saturated carbocycles. The second-order valence-electron chi connectivity index (χ2n) is 4.55. The van der Waals surface area contributed by atoms with Gasteiger partial charge in [0.1, 0.15) is 5.82 Å². The molecular formula is C14H17ClN4. The van der Waals surface area contributed by atoms with E-state index in [1.165, 1.54) is 0 Å². The molecule has 0 fully saturated rings. The van der Waals surface area contributed by atoms with E-state index in [-0.39, 0.29) is 6.04 Å². The second-order valence-corrected chi connectivity index (χ2v) is 4.95. The molecule has 1 unspecified atom stereocenters. The Kier molecular flexibility index (Phi) is 4.47. The minimum atomic E-state index is -0.0816. The van der Waals surface area contributed by atoms with Gasteiger partial charge in [-0.25, -0.2) is 9.97 Å². The summed E-state index contributed by atoms with van der Waals surface area (Å²) >= 11 is 6.25. The Hall–Kier alpha value is -1.49. The maximum Gasteiger partial charge on any atom is 0.125 e. The monoisotopic (exact) mass is 276 g/mol. The van der Waals surface area contributed by atoms with Gasteiger partial charge in [0.05, 0.1) is 11.7 Å². The van der Waals surface area contributed by atoms with Gasteiger partial charge in [-0.15, -0.1) is 0 Å². The third kappa shape index (κ3) is 3.50. The van der Waals surface area contributed by atoms with Crippen molar-refractivity contribution in [3.8, 4) is 0 Å². The van der Waals surface area contributed by atoms with Gasteiger partial charge in [0.25, 0.3) is 0 Å². The number of hydrogen-bond acceptors (Lipinski definition) is 4. The van der Waals surface area contributed by atoms with Crippen LogP contribution in [0.15, 0.2) is 30.5 Å². The normalized spacial score (nSPS) is 12.4. The average Bonchev–Trinajstić information content (AvgIpc) is 2.38. The molecule has 5 heteroatoms. The van der Waals surface area contributed by atoms with Crippen molar-refractivity contribution in [2.75, 3.05) is 0 Å². The lowest BCUT2D eigenvalue weighted by Gasteiger charge is -2.16. The first-order valence-corrected chi connectivity index (χ1v) is 6.48. The molecule has 4 nitrogen and oxygen atoms in total. The van der Waals surface area contributed by atoms with Gasteiger partial charge in [0.15, 0.2) is 0 Å². The summed E-state index contributed by atoms with van der Waals surface area (Å²) in [5, 5.41) is 0.756. The van der Waals surface area contributed by atoms with Crippen LogP contribution in [0.2, 0.25) is 5.02 Å². The van der Waals surface area contributed by atoms with E-state index in [2.05, 4.69) is 15.4 Å². The quantitative estimate of drug-likeness (QED) is 0.665. The maximum atomic E-state index is 6.25. The lowest BCUT2D eigenvalue weighted by molar-refractivity contribution is 0.535. The molecule has 0 amide bonds. The van der Waals surface area contributed by atoms with E-state index < -0.39 is 0 Å². The zero-order valence-corrected chi connectivity index (χ0v) is 11.8. The van der Waals surface area contributed by atoms with Crippen LogP contribution in [0.25, 0.3) is 0 Å². The van der Waals surface area contributed by atoms with Gasteiger partial charge in [-0.05, 0) is 43.5 Å². The van der Waals surface area contributed by atoms with E-state index >= 15 is 0 Å². The molecular weight excluding hydrogens is 260 g/mol. The van der Waals surface area contributed by atoms with Crippen LogP contribution in [0, 0.1) is 13.8 Å². The van der Waals surface area contributed by atoms with Gasteiger partial charge in [0, 0.05) is 11.2 Å². The van der Waals surface area contributed by atoms with E-state index in [1.54, 1.807) is 6.20 Å². The Balaban J connectivity index is 2.24. The summed E-state index contributed by atoms with van der Waals surface area (Å²) in [6.45, 7) is 3.87. The fourth-order valence-corrected chi connectivity index (χ4v) is 2.27. The van der Waals surface area contributed by atoms with Gasteiger partial charge >= 0.3 is 0 Å². The van der Waals surface area contributed by atoms with Crippen LogP contribution >= 0.6 is 11.6 Å². The van der Waals surface area contributed by atoms with Crippen molar-refractivity contribution >= 4 is 11.6 Å². The Bertz CT molecular complexity index is 571. The Morgan fingerprint density at radius 1 is 1.32 bits per heavy atom. The fraction of sp³-hybridized carbons (Fsp3) is 0.286. The maximum absolute atomic E-state index is 6.25. The number of rotatable bonds is 4. The summed E-state index contributed by atoms with van der Waals surface area (Å²) in [5.74, 6) is 6.36. The van der Waals surface area contributed by atoms with Crippen molar-refractivity contribution in [2.24, 2.45) is 5.84 Å². The smallest absolute Gasteiger partial charge is 0.125 e. The van der Waals surface area contributed by atoms with Crippen molar-refractivity contribution in [3.05, 3.63) is 58.1 Å². The van der Waals surface area contributed by atoms with Crippen molar-refractivity contribution < 1.29 is 0 Å². The summed E-state index contributed by atoms with van der Waals surface area (Å²) in [7, 11) is 0. The van der Waals surface area contributed by atoms with Crippen LogP contribution in [0.1, 0.15) is 28.7 Å². The molecule has 0 saturated heterocycles. The molecule has 2 rings (SSSR count). The van der Waals surface area contributed by atoms with E-state index in [4.69, 9.17) is 17.4 Å². The summed E-state index contributed by atoms with van der Waals surface area (Å²) in [6, 6.07) is 7.80. The number of hydrazine groups is 1. The van der Waals surface area contributed by atoms with Gasteiger partial charge in [-0.1, -0.05) is 23.7 Å². The number of halogens is 1. The first-order valence-electron chi connectivity index (χ1n) is 6.11. The molecule has 0 aliphatic carbocycles. The van der Waals surface area contributed by atoms with Crippen molar-refractivity contribution in [3.63, 3.8) is 0 Å². The third-order valence-electron chi connectivity index (χ3n) is 2.99. The topological polar surface area (TPSA) is 63.8 Å². The molecule has 1 aromatic carbocycles. The van der Waals surface area contributed by atoms with Crippen LogP contribution in [0.4, 0.5) is 0 Å². The molecule has 100 valence electrons. The van der Waals surface area contributed by atoms with E-state index in [9.17, 15) is 0 Å². The number of aryl methyl sites for hydroxylation is 2. The predicted octanol–water partition coefficient (Wildman–Crippen LogP) is 2.49. The Morgan fingerprint density at radius 3 is 2.74 bits per heavy atom. The Morgan fingerprint density at radius 2 is 2.11 bits per heavy atom. The highest BCUT2D eigenvalue weighted by atomic mass is 35.5. The molecule has 3 N–H and O–H groups in total. The number of aromatic nitrogens is 2. The molecule has 1 heterocycles. The van der Waals surface area contributed by atoms with Crippen LogP contribution in [-0.4, -0.2) is 9.97 Å². The van der Waals surface area contributed by atoms with Crippen LogP contribution in [0.3, 0.4) is 0 Å². The molecule has 19 heavy (non-hydrogen) atoms. The molecule has 0 spiro atoms. The van der Waals surface area contributed by atoms with E-state index in [0.717, 1.165) is 27.7 Å². The number of nitrogens with one attached hydrogen (secondary N) is 1. The minimum absolute atomic E-state index is 0.0816. The molecule has 0 bridgehead atoms. The zero-order chi connectivity index (χ0) is 13.8. The number of hydrogen-bond donors (Lipinski definition) is 2. The largest absolute Gasteiger partial charge is 0.271 e. The molecule has 2 aromatic rings. The van der Waals surface area contributed by atoms with Crippen molar-refractivity contribution in [1.82, 2.24) is 15.4 Å². The molecule has 0 radical (unpaired) electrons. The highest BCUT2D eigenvalue weighted by molar-refractivity contribution is 6.31. The first kappa shape index (κ1) is 13.9. The highest BCUT2D eigenvalue weighted by Crippen LogP contribution is 2.23. The van der Waals surface area contributed by atoms with Gasteiger partial charge in [-0.3, -0.25) is 11.3 Å². The number of nitrogens with zero attached hydrogens (tertiary/aromatic N) is 2. The highest BCUT2D eigenvalue weighted by Gasteiger charge is 2.14. The summed E-state index contributed by atoms with van der Waals surface area (Å²) < 4.78 is 0. The van der Waals surface area contributed by atoms with Crippen LogP contribution < -0.4 is 11.3 Å². The predicted molar refractivity (Wildman–Crippen MR) is 76.7 cm³/mol. The average molecular weight is 277 g/mol. The summed E-state index contributed by atoms with van der Waals surface area (Å²) in [5.41, 5.74) is 5.84. The summed E-state index contributed by atoms with van der Waals surface area (Å²) in [6.07, 6.45) is 2.42. The summed E-state index contributed by atoms with van der Waals surface area (Å²) in [4.78, 5) is 8.48. The van der Waals surface area contributed by atoms with Gasteiger partial charge in [0.2, 0.25) is 0 Å². The lowest BCUT2D eigenvalue weighted by Crippen LogP contribution is -2.30. The first-order chi connectivity index (χ1) is 9.10. The molecule has 0 aliphatic rings. The number of nitrogens with two attached hydrogens (primary N) is 1. The Labute approximate surface area is 118 Å². The standard InChI is InChI=1S/C14H17ClN4/c1-9-3-4-11(12(15)7-9)8-14(19-16)13-5-6-17-10(2)18-13/h3-7,14,19H,8,16H2,1-2H3. The third-order valence-corrected chi connectivity index (χ3v) is 3.34. The zero-order valence-electron chi connectivity index (χ0n) is 11.0. The lowest BCUT2D eigenvalue weighted by atomic mass is 10.0. The SMILES string of the molecule is Cc1ccc(CC(NN)c2ccnc(C)n2)c(Cl)c1. The molecule has 0 aliphatic heterocycles. The van der Waals surface area contributed by atoms with Crippen LogP contribution in [0.5, 0.6) is 0 Å². The van der Waals surface area contributed by atoms with Crippen molar-refractivity contribution in [2.45, 2.75) is 26.3 Å². The minimum Gasteiger partial charge on any atom is -0.271 e. The van der Waals surface area contributed by atoms with Gasteiger partial charge < -0.3 is 0 Å². The molecule has 1 atom stereocenters. The number of benzene rings is 1. The van der Waals surface area contributed by atoms with E-state index in [0.29, 0.717) is 6.42 Å². The second kappa shape index (κ2) is 6.10. The van der Waals surface area contributed by atoms with Gasteiger partial charge in [-0.2, -0.15) is 0 Å². The van der Waals surface area contributed by atoms with Crippen LogP contribution in [-0.2, 0) is 6.42 Å². The molecule has 1 aromatic heterocycles. The van der Waals surface area contributed by atoms with Crippen molar-refractivity contribution in [1.29, 1.82) is 0 Å². The van der Waals surface area contributed by atoms with E-state index in [1.807, 2.05) is 38.1 Å². The fourth-order valence-electron chi connectivity index (χ4n) is 1.96.